The third-order valence-corrected chi connectivity index (χ3v) is 2.11. The molecule has 0 saturated heterocycles. The number of carbonyl (C=O) groups excluding carboxylic acids is 1. The minimum absolute atomic E-state index is 0.0963. The zero-order valence-corrected chi connectivity index (χ0v) is 8.90. The largest absolute Gasteiger partial charge is 0.349 e. The molecule has 0 spiro atoms. The fraction of sp³-hybridized carbons (Fsp3) is 0.750. The number of aromatic nitrogens is 4. The molecule has 15 heavy (non-hydrogen) atoms. The van der Waals surface area contributed by atoms with Crippen molar-refractivity contribution >= 4 is 5.91 Å². The number of H-pyrrole nitrogens is 1. The third-order valence-electron chi connectivity index (χ3n) is 2.11. The molecule has 0 saturated carbocycles. The Bertz CT molecular complexity index is 296. The standard InChI is InChI=1S/C8H16N6O/c1-5(2)6(9)3-8(15)10-4-7-11-13-14-12-7/h5-6H,3-4,9H2,1-2H3,(H,10,15)(H,11,12,13,14). The van der Waals surface area contributed by atoms with E-state index in [9.17, 15) is 4.79 Å². The maximum absolute atomic E-state index is 11.4. The van der Waals surface area contributed by atoms with Crippen LogP contribution in [0.4, 0.5) is 0 Å². The quantitative estimate of drug-likeness (QED) is 0.591. The number of nitrogens with two attached hydrogens (primary N) is 1. The molecular formula is C8H16N6O. The van der Waals surface area contributed by atoms with Crippen molar-refractivity contribution < 1.29 is 4.79 Å². The first-order chi connectivity index (χ1) is 7.09. The summed E-state index contributed by atoms with van der Waals surface area (Å²) in [5.74, 6) is 0.656. The predicted octanol–water partition coefficient (Wildman–Crippen LogP) is -0.811. The molecule has 1 amide bonds. The Morgan fingerprint density at radius 1 is 1.60 bits per heavy atom. The second-order valence-electron chi connectivity index (χ2n) is 3.72. The molecule has 1 atom stereocenters. The molecule has 1 aromatic rings. The Hall–Kier alpha value is -1.50. The maximum atomic E-state index is 11.4. The number of hydrogen-bond acceptors (Lipinski definition) is 5. The van der Waals surface area contributed by atoms with E-state index in [1.165, 1.54) is 0 Å². The van der Waals surface area contributed by atoms with E-state index in [0.29, 0.717) is 18.2 Å². The van der Waals surface area contributed by atoms with Gasteiger partial charge in [0.15, 0.2) is 5.82 Å². The van der Waals surface area contributed by atoms with Crippen molar-refractivity contribution in [3.8, 4) is 0 Å². The molecule has 0 aromatic carbocycles. The van der Waals surface area contributed by atoms with E-state index in [0.717, 1.165) is 0 Å². The lowest BCUT2D eigenvalue weighted by atomic mass is 10.0. The van der Waals surface area contributed by atoms with Crippen LogP contribution in [0.2, 0.25) is 0 Å². The van der Waals surface area contributed by atoms with E-state index in [-0.39, 0.29) is 18.5 Å². The SMILES string of the molecule is CC(C)C(N)CC(=O)NCc1nn[nH]n1. The van der Waals surface area contributed by atoms with Crippen LogP contribution in [-0.2, 0) is 11.3 Å². The molecule has 0 aliphatic heterocycles. The van der Waals surface area contributed by atoms with E-state index >= 15 is 0 Å². The van der Waals surface area contributed by atoms with Crippen LogP contribution in [0.25, 0.3) is 0 Å². The summed E-state index contributed by atoms with van der Waals surface area (Å²) < 4.78 is 0. The van der Waals surface area contributed by atoms with Gasteiger partial charge in [-0.25, -0.2) is 0 Å². The van der Waals surface area contributed by atoms with Gasteiger partial charge in [-0.15, -0.1) is 10.2 Å². The van der Waals surface area contributed by atoms with Crippen LogP contribution in [0, 0.1) is 5.92 Å². The maximum Gasteiger partial charge on any atom is 0.221 e. The highest BCUT2D eigenvalue weighted by Gasteiger charge is 2.12. The lowest BCUT2D eigenvalue weighted by Crippen LogP contribution is -2.34. The molecule has 1 rings (SSSR count). The first kappa shape index (κ1) is 11.6. The zero-order chi connectivity index (χ0) is 11.3. The number of tetrazole rings is 1. The number of amides is 1. The Morgan fingerprint density at radius 3 is 2.87 bits per heavy atom. The van der Waals surface area contributed by atoms with Gasteiger partial charge < -0.3 is 11.1 Å². The molecule has 1 aromatic heterocycles. The molecule has 1 heterocycles. The van der Waals surface area contributed by atoms with Crippen molar-refractivity contribution in [2.45, 2.75) is 32.9 Å². The summed E-state index contributed by atoms with van der Waals surface area (Å²) in [4.78, 5) is 11.4. The van der Waals surface area contributed by atoms with Crippen molar-refractivity contribution in [2.75, 3.05) is 0 Å². The number of hydrogen-bond donors (Lipinski definition) is 3. The molecule has 7 nitrogen and oxygen atoms in total. The van der Waals surface area contributed by atoms with Gasteiger partial charge in [-0.1, -0.05) is 19.1 Å². The number of nitrogens with zero attached hydrogens (tertiary/aromatic N) is 3. The highest BCUT2D eigenvalue weighted by Crippen LogP contribution is 2.02. The number of carbonyl (C=O) groups is 1. The van der Waals surface area contributed by atoms with Gasteiger partial charge in [0.05, 0.1) is 6.54 Å². The van der Waals surface area contributed by atoms with Crippen molar-refractivity contribution in [2.24, 2.45) is 11.7 Å². The van der Waals surface area contributed by atoms with Crippen LogP contribution in [0.3, 0.4) is 0 Å². The van der Waals surface area contributed by atoms with E-state index < -0.39 is 0 Å². The van der Waals surface area contributed by atoms with E-state index in [1.54, 1.807) is 0 Å². The first-order valence-electron chi connectivity index (χ1n) is 4.84. The molecule has 4 N–H and O–H groups in total. The average molecular weight is 212 g/mol. The molecule has 0 bridgehead atoms. The van der Waals surface area contributed by atoms with Crippen molar-refractivity contribution in [3.05, 3.63) is 5.82 Å². The van der Waals surface area contributed by atoms with Crippen molar-refractivity contribution in [1.29, 1.82) is 0 Å². The highest BCUT2D eigenvalue weighted by atomic mass is 16.1. The normalized spacial score (nSPS) is 12.8. The lowest BCUT2D eigenvalue weighted by molar-refractivity contribution is -0.121. The topological polar surface area (TPSA) is 110 Å². The minimum Gasteiger partial charge on any atom is -0.349 e. The summed E-state index contributed by atoms with van der Waals surface area (Å²) in [5.41, 5.74) is 5.76. The van der Waals surface area contributed by atoms with Crippen molar-refractivity contribution in [1.82, 2.24) is 25.9 Å². The molecule has 84 valence electrons. The molecule has 0 fully saturated rings. The predicted molar refractivity (Wildman–Crippen MR) is 53.5 cm³/mol. The van der Waals surface area contributed by atoms with Gasteiger partial charge in [-0.05, 0) is 5.92 Å². The van der Waals surface area contributed by atoms with Crippen LogP contribution < -0.4 is 11.1 Å². The fourth-order valence-electron chi connectivity index (χ4n) is 0.957. The molecular weight excluding hydrogens is 196 g/mol. The zero-order valence-electron chi connectivity index (χ0n) is 8.90. The summed E-state index contributed by atoms with van der Waals surface area (Å²) in [7, 11) is 0. The number of nitrogens with one attached hydrogen (secondary N) is 2. The van der Waals surface area contributed by atoms with Gasteiger partial charge in [0.2, 0.25) is 5.91 Å². The molecule has 1 unspecified atom stereocenters. The number of rotatable bonds is 5. The summed E-state index contributed by atoms with van der Waals surface area (Å²) in [6.07, 6.45) is 0.315. The van der Waals surface area contributed by atoms with Crippen molar-refractivity contribution in [3.63, 3.8) is 0 Å². The highest BCUT2D eigenvalue weighted by molar-refractivity contribution is 5.76. The van der Waals surface area contributed by atoms with E-state index in [2.05, 4.69) is 25.9 Å². The second-order valence-corrected chi connectivity index (χ2v) is 3.72. The minimum atomic E-state index is -0.115. The summed E-state index contributed by atoms with van der Waals surface area (Å²) in [5, 5.41) is 15.8. The molecule has 7 heteroatoms. The monoisotopic (exact) mass is 212 g/mol. The summed E-state index contributed by atoms with van der Waals surface area (Å²) in [6.45, 7) is 4.24. The average Bonchev–Trinajstić information content (AvgIpc) is 2.66. The molecule has 0 radical (unpaired) electrons. The van der Waals surface area contributed by atoms with Gasteiger partial charge in [-0.2, -0.15) is 5.21 Å². The van der Waals surface area contributed by atoms with Gasteiger partial charge in [0.1, 0.15) is 0 Å². The Kier molecular flexibility index (Phi) is 4.17. The van der Waals surface area contributed by atoms with Gasteiger partial charge in [-0.3, -0.25) is 4.79 Å². The van der Waals surface area contributed by atoms with Crippen LogP contribution in [0.5, 0.6) is 0 Å². The van der Waals surface area contributed by atoms with Crippen LogP contribution in [0.1, 0.15) is 26.1 Å². The Morgan fingerprint density at radius 2 is 2.33 bits per heavy atom. The molecule has 0 aliphatic rings. The van der Waals surface area contributed by atoms with E-state index in [4.69, 9.17) is 5.73 Å². The second kappa shape index (κ2) is 5.40. The van der Waals surface area contributed by atoms with Gasteiger partial charge >= 0.3 is 0 Å². The van der Waals surface area contributed by atoms with Gasteiger partial charge in [0.25, 0.3) is 0 Å². The third kappa shape index (κ3) is 4.03. The smallest absolute Gasteiger partial charge is 0.221 e. The van der Waals surface area contributed by atoms with Crippen LogP contribution >= 0.6 is 0 Å². The number of aromatic amines is 1. The fourth-order valence-corrected chi connectivity index (χ4v) is 0.957. The lowest BCUT2D eigenvalue weighted by Gasteiger charge is -2.14. The Balaban J connectivity index is 2.25. The summed E-state index contributed by atoms with van der Waals surface area (Å²) >= 11 is 0. The van der Waals surface area contributed by atoms with E-state index in [1.807, 2.05) is 13.8 Å². The van der Waals surface area contributed by atoms with Crippen LogP contribution in [0.15, 0.2) is 0 Å². The van der Waals surface area contributed by atoms with Gasteiger partial charge in [0, 0.05) is 12.5 Å². The summed E-state index contributed by atoms with van der Waals surface area (Å²) in [6, 6.07) is -0.115. The first-order valence-corrected chi connectivity index (χ1v) is 4.84. The molecule has 0 aliphatic carbocycles. The Labute approximate surface area is 87.8 Å². The van der Waals surface area contributed by atoms with Crippen LogP contribution in [-0.4, -0.2) is 32.6 Å².